The molecule has 4 fully saturated rings. The molecular formula is C10H14O4S. The van der Waals surface area contributed by atoms with Gasteiger partial charge in [-0.1, -0.05) is 0 Å². The summed E-state index contributed by atoms with van der Waals surface area (Å²) >= 11 is 1.76. The Morgan fingerprint density at radius 1 is 1.40 bits per heavy atom. The molecule has 0 unspecified atom stereocenters. The molecule has 4 aliphatic heterocycles. The summed E-state index contributed by atoms with van der Waals surface area (Å²) in [5.74, 6) is -0.239. The summed E-state index contributed by atoms with van der Waals surface area (Å²) in [7, 11) is 0. The van der Waals surface area contributed by atoms with E-state index in [1.54, 1.807) is 11.8 Å². The van der Waals surface area contributed by atoms with Crippen LogP contribution in [0.4, 0.5) is 0 Å². The van der Waals surface area contributed by atoms with E-state index in [9.17, 15) is 9.90 Å². The van der Waals surface area contributed by atoms with Crippen LogP contribution in [0.15, 0.2) is 0 Å². The summed E-state index contributed by atoms with van der Waals surface area (Å²) in [6.45, 7) is 1.44. The molecule has 4 heterocycles. The minimum Gasteiger partial charge on any atom is -0.459 e. The first-order valence-corrected chi connectivity index (χ1v) is 6.25. The molecule has 0 aromatic carbocycles. The summed E-state index contributed by atoms with van der Waals surface area (Å²) in [5, 5.41) is 10.4. The summed E-state index contributed by atoms with van der Waals surface area (Å²) in [5.41, 5.74) is 0. The van der Waals surface area contributed by atoms with Gasteiger partial charge in [0.05, 0.1) is 18.3 Å². The Balaban J connectivity index is 1.78. The van der Waals surface area contributed by atoms with Crippen molar-refractivity contribution in [3.63, 3.8) is 0 Å². The fourth-order valence-electron chi connectivity index (χ4n) is 2.81. The molecule has 4 nitrogen and oxygen atoms in total. The number of hydrogen-bond donors (Lipinski definition) is 1. The van der Waals surface area contributed by atoms with Gasteiger partial charge in [0.2, 0.25) is 0 Å². The molecule has 0 aromatic heterocycles. The molecule has 4 bridgehead atoms. The predicted molar refractivity (Wildman–Crippen MR) is 54.6 cm³/mol. The second kappa shape index (κ2) is 3.37. The SMILES string of the molecule is CC(=O)O[C@@H]1[C@H]2C[C@H]3S[C@@H]1C[C@@H](O2)[C@H]3O. The Kier molecular flexibility index (Phi) is 2.23. The van der Waals surface area contributed by atoms with E-state index >= 15 is 0 Å². The summed E-state index contributed by atoms with van der Waals surface area (Å²) < 4.78 is 11.0. The molecular weight excluding hydrogens is 216 g/mol. The Morgan fingerprint density at radius 2 is 2.13 bits per heavy atom. The quantitative estimate of drug-likeness (QED) is 0.658. The first kappa shape index (κ1) is 9.93. The average molecular weight is 230 g/mol. The zero-order valence-electron chi connectivity index (χ0n) is 8.46. The highest BCUT2D eigenvalue weighted by Gasteiger charge is 2.55. The number of aliphatic hydroxyl groups excluding tert-OH is 1. The number of carbonyl (C=O) groups excluding carboxylic acids is 1. The topological polar surface area (TPSA) is 55.8 Å². The Labute approximate surface area is 92.3 Å². The van der Waals surface area contributed by atoms with Gasteiger partial charge in [-0.25, -0.2) is 0 Å². The van der Waals surface area contributed by atoms with E-state index in [0.717, 1.165) is 12.8 Å². The van der Waals surface area contributed by atoms with Crippen LogP contribution in [0, 0.1) is 0 Å². The zero-order valence-corrected chi connectivity index (χ0v) is 9.28. The second-order valence-electron chi connectivity index (χ2n) is 4.46. The van der Waals surface area contributed by atoms with Gasteiger partial charge in [0, 0.05) is 17.4 Å². The molecule has 1 N–H and O–H groups in total. The van der Waals surface area contributed by atoms with E-state index in [4.69, 9.17) is 9.47 Å². The average Bonchev–Trinajstić information content (AvgIpc) is 2.14. The van der Waals surface area contributed by atoms with E-state index in [2.05, 4.69) is 0 Å². The number of rotatable bonds is 1. The van der Waals surface area contributed by atoms with Crippen LogP contribution in [-0.2, 0) is 14.3 Å². The molecule has 0 spiro atoms. The highest BCUT2D eigenvalue weighted by Crippen LogP contribution is 2.49. The third-order valence-corrected chi connectivity index (χ3v) is 5.06. The maximum atomic E-state index is 11.0. The molecule has 4 rings (SSSR count). The Morgan fingerprint density at radius 3 is 2.73 bits per heavy atom. The number of esters is 1. The number of hydrogen-bond acceptors (Lipinski definition) is 5. The van der Waals surface area contributed by atoms with Crippen LogP contribution in [0.1, 0.15) is 19.8 Å². The van der Waals surface area contributed by atoms with Gasteiger partial charge >= 0.3 is 5.97 Å². The van der Waals surface area contributed by atoms with Gasteiger partial charge in [0.15, 0.2) is 0 Å². The smallest absolute Gasteiger partial charge is 0.303 e. The first-order valence-electron chi connectivity index (χ1n) is 5.31. The molecule has 4 saturated heterocycles. The van der Waals surface area contributed by atoms with Gasteiger partial charge < -0.3 is 14.6 Å². The first-order chi connectivity index (χ1) is 7.15. The molecule has 0 saturated carbocycles. The van der Waals surface area contributed by atoms with Crippen molar-refractivity contribution in [3.8, 4) is 0 Å². The lowest BCUT2D eigenvalue weighted by Crippen LogP contribution is -2.64. The number of aliphatic hydroxyl groups is 1. The largest absolute Gasteiger partial charge is 0.459 e. The minimum atomic E-state index is -0.333. The van der Waals surface area contributed by atoms with Crippen LogP contribution in [0.2, 0.25) is 0 Å². The monoisotopic (exact) mass is 230 g/mol. The Bertz CT molecular complexity index is 263. The number of thioether (sulfide) groups is 1. The normalized spacial score (nSPS) is 51.9. The molecule has 5 heteroatoms. The second-order valence-corrected chi connectivity index (χ2v) is 5.95. The van der Waals surface area contributed by atoms with E-state index in [1.165, 1.54) is 6.92 Å². The zero-order chi connectivity index (χ0) is 10.6. The van der Waals surface area contributed by atoms with Crippen molar-refractivity contribution in [1.29, 1.82) is 0 Å². The van der Waals surface area contributed by atoms with Gasteiger partial charge in [0.25, 0.3) is 0 Å². The highest BCUT2D eigenvalue weighted by molar-refractivity contribution is 8.00. The van der Waals surface area contributed by atoms with Crippen molar-refractivity contribution >= 4 is 17.7 Å². The van der Waals surface area contributed by atoms with Crippen molar-refractivity contribution in [1.82, 2.24) is 0 Å². The van der Waals surface area contributed by atoms with Gasteiger partial charge in [-0.15, -0.1) is 11.8 Å². The van der Waals surface area contributed by atoms with Crippen LogP contribution in [0.5, 0.6) is 0 Å². The number of ether oxygens (including phenoxy) is 2. The summed E-state index contributed by atoms with van der Waals surface area (Å²) in [6.07, 6.45) is 1.14. The standard InChI is InChI=1S/C10H14O4S/c1-4(11)13-10-6-3-7-9(12)5(14-6)2-8(10)15-7/h5-10,12H,2-3H2,1H3/t5-,6-,7-,8-,9-,10-/m1/s1. The predicted octanol–water partition coefficient (Wildman–Crippen LogP) is 0.324. The molecule has 0 amide bonds. The van der Waals surface area contributed by atoms with Crippen LogP contribution in [0.3, 0.4) is 0 Å². The van der Waals surface area contributed by atoms with Crippen molar-refractivity contribution in [2.45, 2.75) is 54.7 Å². The van der Waals surface area contributed by atoms with E-state index in [0.29, 0.717) is 5.25 Å². The van der Waals surface area contributed by atoms with Gasteiger partial charge in [-0.2, -0.15) is 0 Å². The molecule has 0 aliphatic carbocycles. The van der Waals surface area contributed by atoms with Crippen LogP contribution < -0.4 is 0 Å². The van der Waals surface area contributed by atoms with Crippen LogP contribution in [0.25, 0.3) is 0 Å². The molecule has 0 aromatic rings. The fraction of sp³-hybridized carbons (Fsp3) is 0.900. The third kappa shape index (κ3) is 1.48. The maximum Gasteiger partial charge on any atom is 0.303 e. The van der Waals surface area contributed by atoms with Gasteiger partial charge in [-0.05, 0) is 12.8 Å². The molecule has 0 radical (unpaired) electrons. The lowest BCUT2D eigenvalue weighted by Gasteiger charge is -2.54. The van der Waals surface area contributed by atoms with Crippen LogP contribution in [-0.4, -0.2) is 46.0 Å². The summed E-state index contributed by atoms with van der Waals surface area (Å²) in [4.78, 5) is 11.0. The lowest BCUT2D eigenvalue weighted by molar-refractivity contribution is -0.200. The molecule has 6 atom stereocenters. The lowest BCUT2D eigenvalue weighted by atomic mass is 9.86. The fourth-order valence-corrected chi connectivity index (χ4v) is 4.59. The van der Waals surface area contributed by atoms with Crippen molar-refractivity contribution < 1.29 is 19.4 Å². The highest BCUT2D eigenvalue weighted by atomic mass is 32.2. The van der Waals surface area contributed by atoms with Crippen LogP contribution >= 0.6 is 11.8 Å². The molecule has 15 heavy (non-hydrogen) atoms. The van der Waals surface area contributed by atoms with E-state index in [1.807, 2.05) is 0 Å². The maximum absolute atomic E-state index is 11.0. The molecule has 4 aliphatic rings. The van der Waals surface area contributed by atoms with Gasteiger partial charge in [-0.3, -0.25) is 4.79 Å². The van der Waals surface area contributed by atoms with Crippen molar-refractivity contribution in [3.05, 3.63) is 0 Å². The van der Waals surface area contributed by atoms with E-state index in [-0.39, 0.29) is 35.6 Å². The summed E-state index contributed by atoms with van der Waals surface area (Å²) in [6, 6.07) is 0. The minimum absolute atomic E-state index is 0.00676. The van der Waals surface area contributed by atoms with Gasteiger partial charge in [0.1, 0.15) is 6.10 Å². The van der Waals surface area contributed by atoms with E-state index < -0.39 is 0 Å². The Hall–Kier alpha value is -0.260. The number of carbonyl (C=O) groups is 1. The third-order valence-electron chi connectivity index (χ3n) is 3.43. The van der Waals surface area contributed by atoms with Crippen molar-refractivity contribution in [2.75, 3.05) is 0 Å². The molecule has 84 valence electrons. The van der Waals surface area contributed by atoms with Crippen molar-refractivity contribution in [2.24, 2.45) is 0 Å².